The smallest absolute Gasteiger partial charge is 0.0507 e. The van der Waals surface area contributed by atoms with E-state index >= 15 is 0 Å². The summed E-state index contributed by atoms with van der Waals surface area (Å²) in [4.78, 5) is 5.06. The molecule has 0 amide bonds. The first kappa shape index (κ1) is 7.56. The van der Waals surface area contributed by atoms with E-state index in [1.54, 1.807) is 0 Å². The SMILES string of the molecule is CC1CCN2CN(C)CC2C1. The molecule has 0 aromatic rings. The third-order valence-corrected chi connectivity index (χ3v) is 3.05. The Hall–Kier alpha value is -0.0800. The van der Waals surface area contributed by atoms with Crippen LogP contribution < -0.4 is 0 Å². The number of piperidine rings is 1. The summed E-state index contributed by atoms with van der Waals surface area (Å²) in [5.41, 5.74) is 0. The van der Waals surface area contributed by atoms with Gasteiger partial charge in [0.2, 0.25) is 0 Å². The van der Waals surface area contributed by atoms with Crippen molar-refractivity contribution in [1.29, 1.82) is 0 Å². The van der Waals surface area contributed by atoms with Crippen molar-refractivity contribution in [1.82, 2.24) is 9.80 Å². The van der Waals surface area contributed by atoms with Crippen LogP contribution in [0.5, 0.6) is 0 Å². The molecular formula is C9H18N2. The van der Waals surface area contributed by atoms with Crippen molar-refractivity contribution < 1.29 is 0 Å². The Labute approximate surface area is 69.2 Å². The fourth-order valence-corrected chi connectivity index (χ4v) is 2.40. The van der Waals surface area contributed by atoms with Gasteiger partial charge in [0.15, 0.2) is 0 Å². The zero-order valence-electron chi connectivity index (χ0n) is 7.58. The summed E-state index contributed by atoms with van der Waals surface area (Å²) in [5, 5.41) is 0. The van der Waals surface area contributed by atoms with E-state index in [2.05, 4.69) is 23.8 Å². The third kappa shape index (κ3) is 1.42. The maximum atomic E-state index is 2.62. The third-order valence-electron chi connectivity index (χ3n) is 3.05. The van der Waals surface area contributed by atoms with Crippen LogP contribution in [-0.2, 0) is 0 Å². The summed E-state index contributed by atoms with van der Waals surface area (Å²) in [6.07, 6.45) is 2.83. The minimum Gasteiger partial charge on any atom is -0.292 e. The van der Waals surface area contributed by atoms with Crippen LogP contribution in [0.25, 0.3) is 0 Å². The van der Waals surface area contributed by atoms with Gasteiger partial charge in [-0.1, -0.05) is 6.92 Å². The molecular weight excluding hydrogens is 136 g/mol. The van der Waals surface area contributed by atoms with Crippen LogP contribution in [0.2, 0.25) is 0 Å². The van der Waals surface area contributed by atoms with E-state index in [-0.39, 0.29) is 0 Å². The van der Waals surface area contributed by atoms with Crippen molar-refractivity contribution in [2.75, 3.05) is 26.8 Å². The molecule has 64 valence electrons. The average Bonchev–Trinajstić information content (AvgIpc) is 2.27. The fourth-order valence-electron chi connectivity index (χ4n) is 2.40. The Morgan fingerprint density at radius 2 is 2.18 bits per heavy atom. The average molecular weight is 154 g/mol. The van der Waals surface area contributed by atoms with Gasteiger partial charge in [-0.3, -0.25) is 9.80 Å². The van der Waals surface area contributed by atoms with Crippen LogP contribution >= 0.6 is 0 Å². The molecule has 0 aliphatic carbocycles. The van der Waals surface area contributed by atoms with E-state index in [4.69, 9.17) is 0 Å². The normalized spacial score (nSPS) is 40.9. The number of likely N-dealkylation sites (N-methyl/N-ethyl adjacent to an activating group) is 1. The van der Waals surface area contributed by atoms with Gasteiger partial charge in [0.1, 0.15) is 0 Å². The van der Waals surface area contributed by atoms with E-state index in [1.165, 1.54) is 32.6 Å². The molecule has 0 aromatic carbocycles. The standard InChI is InChI=1S/C9H18N2/c1-8-3-4-11-7-10(2)6-9(11)5-8/h8-9H,3-7H2,1-2H3. The highest BCUT2D eigenvalue weighted by Crippen LogP contribution is 2.26. The van der Waals surface area contributed by atoms with Gasteiger partial charge in [-0.15, -0.1) is 0 Å². The molecule has 2 aliphatic rings. The molecule has 0 bridgehead atoms. The zero-order chi connectivity index (χ0) is 7.84. The molecule has 0 radical (unpaired) electrons. The number of nitrogens with zero attached hydrogens (tertiary/aromatic N) is 2. The van der Waals surface area contributed by atoms with Gasteiger partial charge in [0.05, 0.1) is 6.67 Å². The van der Waals surface area contributed by atoms with Gasteiger partial charge in [-0.05, 0) is 32.4 Å². The Kier molecular flexibility index (Phi) is 1.90. The van der Waals surface area contributed by atoms with Crippen LogP contribution in [0.3, 0.4) is 0 Å². The number of hydrogen-bond donors (Lipinski definition) is 0. The van der Waals surface area contributed by atoms with Crippen molar-refractivity contribution in [3.8, 4) is 0 Å². The zero-order valence-corrected chi connectivity index (χ0v) is 7.58. The molecule has 2 nitrogen and oxygen atoms in total. The number of rotatable bonds is 0. The molecule has 0 spiro atoms. The lowest BCUT2D eigenvalue weighted by Crippen LogP contribution is -2.38. The van der Waals surface area contributed by atoms with Crippen molar-refractivity contribution in [3.05, 3.63) is 0 Å². The predicted molar refractivity (Wildman–Crippen MR) is 46.4 cm³/mol. The lowest BCUT2D eigenvalue weighted by Gasteiger charge is -2.31. The molecule has 2 atom stereocenters. The van der Waals surface area contributed by atoms with Crippen LogP contribution in [0.4, 0.5) is 0 Å². The maximum absolute atomic E-state index is 2.62. The Morgan fingerprint density at radius 1 is 1.36 bits per heavy atom. The van der Waals surface area contributed by atoms with Crippen LogP contribution in [0.15, 0.2) is 0 Å². The highest BCUT2D eigenvalue weighted by molar-refractivity contribution is 4.86. The van der Waals surface area contributed by atoms with Gasteiger partial charge in [-0.25, -0.2) is 0 Å². The molecule has 2 aliphatic heterocycles. The summed E-state index contributed by atoms with van der Waals surface area (Å²) < 4.78 is 0. The van der Waals surface area contributed by atoms with Gasteiger partial charge in [-0.2, -0.15) is 0 Å². The lowest BCUT2D eigenvalue weighted by atomic mass is 9.94. The molecule has 0 aromatic heterocycles. The van der Waals surface area contributed by atoms with Gasteiger partial charge in [0.25, 0.3) is 0 Å². The summed E-state index contributed by atoms with van der Waals surface area (Å²) in [6, 6.07) is 0.878. The molecule has 11 heavy (non-hydrogen) atoms. The van der Waals surface area contributed by atoms with Crippen molar-refractivity contribution in [2.24, 2.45) is 5.92 Å². The molecule has 2 unspecified atom stereocenters. The van der Waals surface area contributed by atoms with Gasteiger partial charge < -0.3 is 0 Å². The Bertz CT molecular complexity index is 146. The van der Waals surface area contributed by atoms with E-state index < -0.39 is 0 Å². The molecule has 2 heterocycles. The predicted octanol–water partition coefficient (Wildman–Crippen LogP) is 0.990. The summed E-state index contributed by atoms with van der Waals surface area (Å²) in [7, 11) is 2.23. The summed E-state index contributed by atoms with van der Waals surface area (Å²) in [6.45, 7) is 6.22. The minimum atomic E-state index is 0.878. The molecule has 2 fully saturated rings. The summed E-state index contributed by atoms with van der Waals surface area (Å²) in [5.74, 6) is 0.961. The molecule has 0 N–H and O–H groups in total. The highest BCUT2D eigenvalue weighted by atomic mass is 15.4. The second-order valence-electron chi connectivity index (χ2n) is 4.28. The Balaban J connectivity index is 1.97. The van der Waals surface area contributed by atoms with Crippen LogP contribution in [0, 0.1) is 5.92 Å². The quantitative estimate of drug-likeness (QED) is 0.513. The van der Waals surface area contributed by atoms with Gasteiger partial charge in [0, 0.05) is 12.6 Å². The maximum Gasteiger partial charge on any atom is 0.0507 e. The van der Waals surface area contributed by atoms with Gasteiger partial charge >= 0.3 is 0 Å². The first-order valence-electron chi connectivity index (χ1n) is 4.68. The number of hydrogen-bond acceptors (Lipinski definition) is 2. The second-order valence-corrected chi connectivity index (χ2v) is 4.28. The largest absolute Gasteiger partial charge is 0.292 e. The first-order valence-corrected chi connectivity index (χ1v) is 4.68. The summed E-state index contributed by atoms with van der Waals surface area (Å²) >= 11 is 0. The lowest BCUT2D eigenvalue weighted by molar-refractivity contribution is 0.158. The van der Waals surface area contributed by atoms with E-state index in [1.807, 2.05) is 0 Å². The number of fused-ring (bicyclic) bond motifs is 1. The molecule has 0 saturated carbocycles. The molecule has 2 saturated heterocycles. The van der Waals surface area contributed by atoms with E-state index in [0.29, 0.717) is 0 Å². The first-order chi connectivity index (χ1) is 5.25. The Morgan fingerprint density at radius 3 is 3.00 bits per heavy atom. The van der Waals surface area contributed by atoms with Crippen molar-refractivity contribution in [3.63, 3.8) is 0 Å². The van der Waals surface area contributed by atoms with E-state index in [9.17, 15) is 0 Å². The van der Waals surface area contributed by atoms with Crippen molar-refractivity contribution >= 4 is 0 Å². The van der Waals surface area contributed by atoms with Crippen molar-refractivity contribution in [2.45, 2.75) is 25.8 Å². The van der Waals surface area contributed by atoms with E-state index in [0.717, 1.165) is 12.0 Å². The second kappa shape index (κ2) is 2.76. The van der Waals surface area contributed by atoms with Crippen LogP contribution in [0.1, 0.15) is 19.8 Å². The van der Waals surface area contributed by atoms with Crippen LogP contribution in [-0.4, -0.2) is 42.6 Å². The monoisotopic (exact) mass is 154 g/mol. The molecule has 2 rings (SSSR count). The minimum absolute atomic E-state index is 0.878. The highest BCUT2D eigenvalue weighted by Gasteiger charge is 2.32. The fraction of sp³-hybridized carbons (Fsp3) is 1.00. The topological polar surface area (TPSA) is 6.48 Å². The molecule has 2 heteroatoms.